The first-order valence-electron chi connectivity index (χ1n) is 7.94. The summed E-state index contributed by atoms with van der Waals surface area (Å²) in [5.41, 5.74) is 2.63. The van der Waals surface area contributed by atoms with E-state index in [-0.39, 0.29) is 5.92 Å². The number of Topliss-reactive ketones (excluding diaryl/α,β-unsaturated/α-hetero) is 1. The van der Waals surface area contributed by atoms with Crippen molar-refractivity contribution >= 4 is 5.78 Å². The van der Waals surface area contributed by atoms with Gasteiger partial charge in [-0.05, 0) is 42.6 Å². The van der Waals surface area contributed by atoms with Gasteiger partial charge in [-0.1, -0.05) is 19.4 Å². The van der Waals surface area contributed by atoms with Gasteiger partial charge in [0.25, 0.3) is 0 Å². The minimum atomic E-state index is -0.535. The maximum absolute atomic E-state index is 12.7. The Morgan fingerprint density at radius 2 is 1.95 bits per heavy atom. The number of ether oxygens (including phenoxy) is 2. The highest BCUT2D eigenvalue weighted by molar-refractivity contribution is 5.98. The van der Waals surface area contributed by atoms with Crippen molar-refractivity contribution in [2.75, 3.05) is 14.2 Å². The maximum Gasteiger partial charge on any atom is 0.171 e. The molecule has 3 heteroatoms. The molecule has 3 nitrogen and oxygen atoms in total. The molecule has 1 saturated carbocycles. The fourth-order valence-corrected chi connectivity index (χ4v) is 5.13. The Hall–Kier alpha value is -0.670. The van der Waals surface area contributed by atoms with E-state index in [1.807, 2.05) is 0 Å². The van der Waals surface area contributed by atoms with Gasteiger partial charge in [-0.15, -0.1) is 0 Å². The van der Waals surface area contributed by atoms with Crippen molar-refractivity contribution in [3.63, 3.8) is 0 Å². The van der Waals surface area contributed by atoms with Gasteiger partial charge in [0, 0.05) is 33.0 Å². The summed E-state index contributed by atoms with van der Waals surface area (Å²) in [6.07, 6.45) is 4.80. The van der Waals surface area contributed by atoms with Crippen molar-refractivity contribution in [1.29, 1.82) is 0 Å². The van der Waals surface area contributed by atoms with Crippen LogP contribution in [0.15, 0.2) is 11.1 Å². The highest BCUT2D eigenvalue weighted by atomic mass is 16.7. The Morgan fingerprint density at radius 1 is 1.25 bits per heavy atom. The summed E-state index contributed by atoms with van der Waals surface area (Å²) >= 11 is 0. The molecule has 0 N–H and O–H groups in total. The van der Waals surface area contributed by atoms with Crippen LogP contribution in [0, 0.1) is 23.7 Å². The van der Waals surface area contributed by atoms with Gasteiger partial charge in [-0.3, -0.25) is 4.79 Å². The third-order valence-electron chi connectivity index (χ3n) is 6.08. The summed E-state index contributed by atoms with van der Waals surface area (Å²) in [5, 5.41) is 0. The van der Waals surface area contributed by atoms with Crippen LogP contribution < -0.4 is 0 Å². The molecule has 0 unspecified atom stereocenters. The van der Waals surface area contributed by atoms with E-state index in [4.69, 9.17) is 9.47 Å². The zero-order valence-electron chi connectivity index (χ0n) is 13.1. The first kappa shape index (κ1) is 14.3. The molecule has 0 aromatic rings. The van der Waals surface area contributed by atoms with Gasteiger partial charge in [0.15, 0.2) is 11.6 Å². The standard InChI is InChI=1S/C17H26O3/c1-5-11-10(2)8-13-12-6-7-17(19-3,20-4)14(12)9-15(18)16(11)13/h10-12,14H,5-9H2,1-4H3/t10-,11-,12+,14-/m0/s1. The van der Waals surface area contributed by atoms with Gasteiger partial charge in [-0.2, -0.15) is 0 Å². The van der Waals surface area contributed by atoms with E-state index in [0.717, 1.165) is 25.7 Å². The van der Waals surface area contributed by atoms with Crippen LogP contribution in [0.1, 0.15) is 46.0 Å². The smallest absolute Gasteiger partial charge is 0.171 e. The van der Waals surface area contributed by atoms with E-state index >= 15 is 0 Å². The molecule has 0 saturated heterocycles. The van der Waals surface area contributed by atoms with E-state index in [2.05, 4.69) is 13.8 Å². The second-order valence-electron chi connectivity index (χ2n) is 6.73. The summed E-state index contributed by atoms with van der Waals surface area (Å²) < 4.78 is 11.4. The topological polar surface area (TPSA) is 35.5 Å². The number of fused-ring (bicyclic) bond motifs is 2. The third kappa shape index (κ3) is 1.75. The van der Waals surface area contributed by atoms with Gasteiger partial charge in [0.1, 0.15) is 0 Å². The van der Waals surface area contributed by atoms with Crippen molar-refractivity contribution in [3.8, 4) is 0 Å². The molecule has 0 radical (unpaired) electrons. The second kappa shape index (κ2) is 4.96. The molecule has 20 heavy (non-hydrogen) atoms. The first-order chi connectivity index (χ1) is 9.57. The average molecular weight is 278 g/mol. The maximum atomic E-state index is 12.7. The van der Waals surface area contributed by atoms with Gasteiger partial charge < -0.3 is 9.47 Å². The summed E-state index contributed by atoms with van der Waals surface area (Å²) in [6.45, 7) is 4.50. The molecule has 0 bridgehead atoms. The van der Waals surface area contributed by atoms with E-state index in [9.17, 15) is 4.79 Å². The summed E-state index contributed by atoms with van der Waals surface area (Å²) in [4.78, 5) is 12.7. The van der Waals surface area contributed by atoms with Crippen LogP contribution in [-0.2, 0) is 14.3 Å². The first-order valence-corrected chi connectivity index (χ1v) is 7.94. The largest absolute Gasteiger partial charge is 0.353 e. The van der Waals surface area contributed by atoms with Crippen LogP contribution in [0.25, 0.3) is 0 Å². The molecule has 1 fully saturated rings. The third-order valence-corrected chi connectivity index (χ3v) is 6.08. The molecule has 3 aliphatic carbocycles. The Balaban J connectivity index is 1.99. The number of hydrogen-bond acceptors (Lipinski definition) is 3. The van der Waals surface area contributed by atoms with E-state index < -0.39 is 5.79 Å². The molecule has 4 atom stereocenters. The highest BCUT2D eigenvalue weighted by Crippen LogP contribution is 2.57. The lowest BCUT2D eigenvalue weighted by Crippen LogP contribution is -2.43. The molecule has 0 heterocycles. The van der Waals surface area contributed by atoms with E-state index in [1.54, 1.807) is 14.2 Å². The molecular formula is C17H26O3. The fraction of sp³-hybridized carbons (Fsp3) is 0.824. The number of allylic oxidation sites excluding steroid dienone is 2. The van der Waals surface area contributed by atoms with Crippen molar-refractivity contribution < 1.29 is 14.3 Å². The molecule has 0 spiro atoms. The average Bonchev–Trinajstić information content (AvgIpc) is 2.97. The van der Waals surface area contributed by atoms with Crippen LogP contribution in [0.5, 0.6) is 0 Å². The van der Waals surface area contributed by atoms with Crippen molar-refractivity contribution in [3.05, 3.63) is 11.1 Å². The predicted octanol–water partition coefficient (Wildman–Crippen LogP) is 3.34. The molecular weight excluding hydrogens is 252 g/mol. The highest BCUT2D eigenvalue weighted by Gasteiger charge is 2.56. The SMILES string of the molecule is CC[C@@H]1C2=C(C[C@@H]1C)[C@H]1CCC(OC)(OC)[C@H]1CC2=O. The monoisotopic (exact) mass is 278 g/mol. The van der Waals surface area contributed by atoms with Gasteiger partial charge in [0.05, 0.1) is 0 Å². The number of methoxy groups -OCH3 is 2. The molecule has 0 amide bonds. The quantitative estimate of drug-likeness (QED) is 0.743. The second-order valence-corrected chi connectivity index (χ2v) is 6.73. The lowest BCUT2D eigenvalue weighted by Gasteiger charge is -2.37. The van der Waals surface area contributed by atoms with Gasteiger partial charge in [0.2, 0.25) is 0 Å². The zero-order chi connectivity index (χ0) is 14.5. The fourth-order valence-electron chi connectivity index (χ4n) is 5.13. The van der Waals surface area contributed by atoms with E-state index in [0.29, 0.717) is 30.0 Å². The predicted molar refractivity (Wildman–Crippen MR) is 77.2 cm³/mol. The molecule has 112 valence electrons. The number of rotatable bonds is 3. The number of hydrogen-bond donors (Lipinski definition) is 0. The molecule has 3 aliphatic rings. The minimum absolute atomic E-state index is 0.214. The Kier molecular flexibility index (Phi) is 3.54. The number of carbonyl (C=O) groups excluding carboxylic acids is 1. The van der Waals surface area contributed by atoms with Crippen LogP contribution in [0.4, 0.5) is 0 Å². The van der Waals surface area contributed by atoms with Crippen LogP contribution in [0.3, 0.4) is 0 Å². The normalized spacial score (nSPS) is 39.1. The van der Waals surface area contributed by atoms with Crippen LogP contribution in [0.2, 0.25) is 0 Å². The van der Waals surface area contributed by atoms with Crippen molar-refractivity contribution in [1.82, 2.24) is 0 Å². The molecule has 3 rings (SSSR count). The Morgan fingerprint density at radius 3 is 2.55 bits per heavy atom. The minimum Gasteiger partial charge on any atom is -0.353 e. The lowest BCUT2D eigenvalue weighted by molar-refractivity contribution is -0.231. The van der Waals surface area contributed by atoms with E-state index in [1.165, 1.54) is 11.1 Å². The van der Waals surface area contributed by atoms with Crippen LogP contribution in [-0.4, -0.2) is 25.8 Å². The molecule has 0 aromatic heterocycles. The zero-order valence-corrected chi connectivity index (χ0v) is 13.1. The number of carbonyl (C=O) groups is 1. The van der Waals surface area contributed by atoms with Crippen molar-refractivity contribution in [2.24, 2.45) is 23.7 Å². The van der Waals surface area contributed by atoms with Crippen molar-refractivity contribution in [2.45, 2.75) is 51.7 Å². The number of ketones is 1. The Labute approximate surface area is 121 Å². The summed E-state index contributed by atoms with van der Waals surface area (Å²) in [7, 11) is 3.43. The summed E-state index contributed by atoms with van der Waals surface area (Å²) in [6, 6.07) is 0. The molecule has 0 aliphatic heterocycles. The van der Waals surface area contributed by atoms with Gasteiger partial charge >= 0.3 is 0 Å². The van der Waals surface area contributed by atoms with Gasteiger partial charge in [-0.25, -0.2) is 0 Å². The van der Waals surface area contributed by atoms with Crippen LogP contribution >= 0.6 is 0 Å². The lowest BCUT2D eigenvalue weighted by atomic mass is 9.74. The Bertz CT molecular complexity index is 447. The summed E-state index contributed by atoms with van der Waals surface area (Å²) in [5.74, 6) is 1.64. The molecule has 0 aromatic carbocycles.